The Morgan fingerprint density at radius 1 is 0.683 bits per heavy atom. The molecule has 0 radical (unpaired) electrons. The predicted molar refractivity (Wildman–Crippen MR) is 134 cm³/mol. The third-order valence-corrected chi connectivity index (χ3v) is 10.8. The van der Waals surface area contributed by atoms with E-state index in [2.05, 4.69) is 0 Å². The second-order valence-electron chi connectivity index (χ2n) is 12.3. The van der Waals surface area contributed by atoms with Gasteiger partial charge in [0.2, 0.25) is 11.4 Å². The van der Waals surface area contributed by atoms with Crippen LogP contribution in [0.4, 0.5) is 0 Å². The van der Waals surface area contributed by atoms with Crippen molar-refractivity contribution in [2.45, 2.75) is 31.7 Å². The van der Waals surface area contributed by atoms with E-state index < -0.39 is 115 Å². The maximum absolute atomic E-state index is 14.6. The zero-order valence-corrected chi connectivity index (χ0v) is 21.5. The number of aliphatic hydroxyl groups excluding tert-OH is 3. The van der Waals surface area contributed by atoms with Gasteiger partial charge >= 0.3 is 0 Å². The van der Waals surface area contributed by atoms with Crippen molar-refractivity contribution >= 4 is 34.7 Å². The molecule has 4 bridgehead atoms. The molecule has 9 atom stereocenters. The molecule has 4 saturated carbocycles. The van der Waals surface area contributed by atoms with E-state index in [1.165, 1.54) is 31.2 Å². The van der Waals surface area contributed by atoms with Crippen LogP contribution in [0.15, 0.2) is 29.8 Å². The SMILES string of the molecule is Cc1cc(O)c2c(c1)C(=O)[C@@]13C4C(=O)C5=C(O)c6c(O)cc(C)cc6C(=O)C56C([C@@H]4O)[C@@H]1[C@H](O)[C@H]6C(=O)C3(O)C2=O. The maximum atomic E-state index is 14.6. The Morgan fingerprint density at radius 3 is 1.83 bits per heavy atom. The van der Waals surface area contributed by atoms with Crippen molar-refractivity contribution in [3.05, 3.63) is 63.2 Å². The number of Topliss-reactive ketones (excluding diaryl/α,β-unsaturated/α-hetero) is 5. The van der Waals surface area contributed by atoms with E-state index in [1.54, 1.807) is 6.92 Å². The molecule has 2 spiro atoms. The van der Waals surface area contributed by atoms with Gasteiger partial charge in [0.15, 0.2) is 23.1 Å². The molecule has 6 aliphatic rings. The fraction of sp³-hybridized carbons (Fsp3) is 0.367. The standard InChI is InChI=1S/C30H22O11/c1-7-3-9-13(11(31)5-7)20(33)17-23(36)18-21(34)15-16-22(35)19(28(15,17)24(9)37)27(40)30(41)26(39)14-10(25(38)29(16,18)30)4-8(2)6-12(14)32/h3-6,15-16,18-19,21-22,31-35,41H,1-2H3/t15?,16-,18?,19+,21+,22+,28?,29+,30?/m1/s1. The Balaban J connectivity index is 1.55. The van der Waals surface area contributed by atoms with Crippen LogP contribution in [0.25, 0.3) is 5.76 Å². The van der Waals surface area contributed by atoms with Gasteiger partial charge in [-0.25, -0.2) is 0 Å². The number of hydrogen-bond donors (Lipinski definition) is 6. The topological polar surface area (TPSA) is 207 Å². The molecule has 0 saturated heterocycles. The highest BCUT2D eigenvalue weighted by Crippen LogP contribution is 2.80. The second-order valence-corrected chi connectivity index (χ2v) is 12.3. The Kier molecular flexibility index (Phi) is 3.99. The van der Waals surface area contributed by atoms with Gasteiger partial charge in [-0.15, -0.1) is 0 Å². The molecule has 4 unspecified atom stereocenters. The third-order valence-electron chi connectivity index (χ3n) is 10.8. The summed E-state index contributed by atoms with van der Waals surface area (Å²) in [7, 11) is 0. The van der Waals surface area contributed by atoms with Gasteiger partial charge in [-0.3, -0.25) is 24.0 Å². The quantitative estimate of drug-likeness (QED) is 0.243. The molecular formula is C30H22O11. The van der Waals surface area contributed by atoms with Crippen molar-refractivity contribution in [3.8, 4) is 11.5 Å². The van der Waals surface area contributed by atoms with Crippen LogP contribution < -0.4 is 0 Å². The van der Waals surface area contributed by atoms with Crippen molar-refractivity contribution in [1.29, 1.82) is 0 Å². The molecule has 6 aliphatic carbocycles. The Hall–Kier alpha value is -4.19. The molecule has 0 aromatic heterocycles. The predicted octanol–water partition coefficient (Wildman–Crippen LogP) is 0.342. The number of aliphatic hydroxyl groups is 4. The van der Waals surface area contributed by atoms with E-state index in [0.29, 0.717) is 11.1 Å². The van der Waals surface area contributed by atoms with Crippen LogP contribution in [0.3, 0.4) is 0 Å². The van der Waals surface area contributed by atoms with Crippen molar-refractivity contribution in [2.24, 2.45) is 34.5 Å². The van der Waals surface area contributed by atoms with Crippen LogP contribution >= 0.6 is 0 Å². The number of phenolic OH excluding ortho intramolecular Hbond substituents is 2. The van der Waals surface area contributed by atoms with Crippen molar-refractivity contribution in [2.75, 3.05) is 0 Å². The average molecular weight is 558 g/mol. The lowest BCUT2D eigenvalue weighted by atomic mass is 9.42. The van der Waals surface area contributed by atoms with Crippen molar-refractivity contribution < 1.29 is 54.6 Å². The molecule has 0 heterocycles. The molecule has 11 nitrogen and oxygen atoms in total. The summed E-state index contributed by atoms with van der Waals surface area (Å²) in [4.78, 5) is 72.1. The normalized spacial score (nSPS) is 41.0. The fourth-order valence-electron chi connectivity index (χ4n) is 9.81. The molecule has 2 aromatic rings. The number of phenols is 2. The number of ketones is 5. The van der Waals surface area contributed by atoms with E-state index in [4.69, 9.17) is 0 Å². The van der Waals surface area contributed by atoms with Crippen molar-refractivity contribution in [3.63, 3.8) is 0 Å². The number of aryl methyl sites for hydroxylation is 2. The zero-order chi connectivity index (χ0) is 29.5. The molecule has 6 N–H and O–H groups in total. The smallest absolute Gasteiger partial charge is 0.207 e. The molecule has 41 heavy (non-hydrogen) atoms. The average Bonchev–Trinajstić information content (AvgIpc) is 3.26. The number of rotatable bonds is 0. The van der Waals surface area contributed by atoms with Gasteiger partial charge in [-0.2, -0.15) is 0 Å². The van der Waals surface area contributed by atoms with E-state index in [9.17, 15) is 54.6 Å². The molecule has 208 valence electrons. The zero-order valence-electron chi connectivity index (χ0n) is 21.5. The molecular weight excluding hydrogens is 536 g/mol. The van der Waals surface area contributed by atoms with Gasteiger partial charge in [-0.1, -0.05) is 0 Å². The first-order valence-electron chi connectivity index (χ1n) is 13.1. The maximum Gasteiger partial charge on any atom is 0.207 e. The lowest BCUT2D eigenvalue weighted by molar-refractivity contribution is -0.181. The molecule has 2 aromatic carbocycles. The first kappa shape index (κ1) is 24.6. The lowest BCUT2D eigenvalue weighted by Crippen LogP contribution is -2.78. The van der Waals surface area contributed by atoms with E-state index in [-0.39, 0.29) is 11.1 Å². The molecule has 0 aliphatic heterocycles. The lowest BCUT2D eigenvalue weighted by Gasteiger charge is -2.58. The number of aromatic hydroxyl groups is 2. The summed E-state index contributed by atoms with van der Waals surface area (Å²) in [6.45, 7) is 3.07. The second kappa shape index (κ2) is 6.64. The van der Waals surface area contributed by atoms with Crippen molar-refractivity contribution in [1.82, 2.24) is 0 Å². The first-order valence-corrected chi connectivity index (χ1v) is 13.1. The minimum atomic E-state index is -3.31. The largest absolute Gasteiger partial charge is 0.507 e. The van der Waals surface area contributed by atoms with Crippen LogP contribution in [0.1, 0.15) is 47.8 Å². The number of hydrogen-bond acceptors (Lipinski definition) is 11. The van der Waals surface area contributed by atoms with Gasteiger partial charge in [0.05, 0.1) is 51.6 Å². The van der Waals surface area contributed by atoms with E-state index >= 15 is 0 Å². The van der Waals surface area contributed by atoms with Crippen LogP contribution in [-0.2, 0) is 9.59 Å². The molecule has 0 amide bonds. The molecule has 11 heteroatoms. The summed E-state index contributed by atoms with van der Waals surface area (Å²) < 4.78 is 0. The fourth-order valence-corrected chi connectivity index (χ4v) is 9.81. The summed E-state index contributed by atoms with van der Waals surface area (Å²) in [6, 6.07) is 5.00. The number of carbonyl (C=O) groups excluding carboxylic acids is 5. The first-order chi connectivity index (χ1) is 19.2. The van der Waals surface area contributed by atoms with Crippen LogP contribution in [-0.4, -0.2) is 77.4 Å². The van der Waals surface area contributed by atoms with Crippen LogP contribution in [0.2, 0.25) is 0 Å². The highest BCUT2D eigenvalue weighted by atomic mass is 16.3. The summed E-state index contributed by atoms with van der Waals surface area (Å²) in [6.07, 6.45) is -3.74. The Labute approximate surface area is 230 Å². The number of allylic oxidation sites excluding steroid dienone is 1. The monoisotopic (exact) mass is 558 g/mol. The molecule has 4 fully saturated rings. The van der Waals surface area contributed by atoms with Gasteiger partial charge in [0.25, 0.3) is 0 Å². The van der Waals surface area contributed by atoms with Crippen LogP contribution in [0, 0.1) is 48.3 Å². The summed E-state index contributed by atoms with van der Waals surface area (Å²) in [5, 5.41) is 68.6. The van der Waals surface area contributed by atoms with Gasteiger partial charge < -0.3 is 30.6 Å². The number of benzene rings is 2. The van der Waals surface area contributed by atoms with Gasteiger partial charge in [-0.05, 0) is 49.2 Å². The van der Waals surface area contributed by atoms with E-state index in [0.717, 1.165) is 0 Å². The minimum Gasteiger partial charge on any atom is -0.507 e. The summed E-state index contributed by atoms with van der Waals surface area (Å²) in [5.41, 5.74) is -10.1. The van der Waals surface area contributed by atoms with E-state index in [1.807, 2.05) is 0 Å². The van der Waals surface area contributed by atoms with Crippen LogP contribution in [0.5, 0.6) is 11.5 Å². The summed E-state index contributed by atoms with van der Waals surface area (Å²) >= 11 is 0. The summed E-state index contributed by atoms with van der Waals surface area (Å²) in [5.74, 6) is -15.2. The van der Waals surface area contributed by atoms with Gasteiger partial charge in [0.1, 0.15) is 17.3 Å². The molecule has 8 rings (SSSR count). The third kappa shape index (κ3) is 2.01. The highest BCUT2D eigenvalue weighted by molar-refractivity contribution is 6.35. The Bertz CT molecular complexity index is 1840. The number of fused-ring (bicyclic) bond motifs is 4. The minimum absolute atomic E-state index is 0.278. The highest BCUT2D eigenvalue weighted by Gasteiger charge is 2.94. The Morgan fingerprint density at radius 2 is 1.22 bits per heavy atom. The van der Waals surface area contributed by atoms with Gasteiger partial charge in [0, 0.05) is 23.0 Å². The number of carbonyl (C=O) groups is 5.